The van der Waals surface area contributed by atoms with E-state index in [1.165, 1.54) is 5.56 Å². The van der Waals surface area contributed by atoms with Gasteiger partial charge in [0, 0.05) is 23.2 Å². The molecule has 2 fully saturated rings. The van der Waals surface area contributed by atoms with Crippen LogP contribution >= 0.6 is 0 Å². The highest BCUT2D eigenvalue weighted by molar-refractivity contribution is 5.93. The molecule has 1 saturated carbocycles. The molecule has 134 valence electrons. The van der Waals surface area contributed by atoms with Crippen LogP contribution in [0.25, 0.3) is 0 Å². The smallest absolute Gasteiger partial charge is 0.351 e. The summed E-state index contributed by atoms with van der Waals surface area (Å²) in [5, 5.41) is 0. The zero-order valence-corrected chi connectivity index (χ0v) is 15.1. The fraction of sp³-hybridized carbons (Fsp3) is 0.650. The van der Waals surface area contributed by atoms with Gasteiger partial charge in [0.2, 0.25) is 5.60 Å². The zero-order valence-electron chi connectivity index (χ0n) is 15.1. The second-order valence-electron chi connectivity index (χ2n) is 8.41. The molecule has 5 heteroatoms. The minimum atomic E-state index is -1.14. The quantitative estimate of drug-likeness (QED) is 0.789. The van der Waals surface area contributed by atoms with Gasteiger partial charge in [0.25, 0.3) is 0 Å². The maximum Gasteiger partial charge on any atom is 0.351 e. The molecule has 0 aromatic carbocycles. The molecule has 2 aliphatic carbocycles. The molecule has 1 saturated heterocycles. The van der Waals surface area contributed by atoms with Gasteiger partial charge in [-0.15, -0.1) is 0 Å². The number of hydrogen-bond donors (Lipinski definition) is 0. The molecule has 1 aliphatic heterocycles. The Hall–Kier alpha value is -1.91. The minimum Gasteiger partial charge on any atom is -0.462 e. The number of rotatable bonds is 3. The van der Waals surface area contributed by atoms with E-state index in [1.807, 2.05) is 26.8 Å². The summed E-state index contributed by atoms with van der Waals surface area (Å²) in [5.74, 6) is -0.543. The van der Waals surface area contributed by atoms with Crippen molar-refractivity contribution in [2.24, 2.45) is 10.8 Å². The first-order chi connectivity index (χ1) is 11.8. The first-order valence-electron chi connectivity index (χ1n) is 9.16. The van der Waals surface area contributed by atoms with Crippen LogP contribution in [0.4, 0.5) is 0 Å². The summed E-state index contributed by atoms with van der Waals surface area (Å²) in [5.41, 5.74) is -0.0190. The summed E-state index contributed by atoms with van der Waals surface area (Å²) in [6.07, 6.45) is 6.07. The molecule has 0 N–H and O–H groups in total. The standard InChI is InChI=1S/C20H25NO4/c1-18(2)19(3)9-10-20(18,25-16(19)22)17(23)24-12-14-7-4-6-13-8-5-11-21-15(13)14/h5,8,11,14H,4,6-7,9-10,12H2,1-3H3/t14-,19+,20-/m1/s1. The molecule has 3 atom stereocenters. The molecule has 25 heavy (non-hydrogen) atoms. The van der Waals surface area contributed by atoms with Gasteiger partial charge >= 0.3 is 11.9 Å². The van der Waals surface area contributed by atoms with Gasteiger partial charge in [-0.25, -0.2) is 4.79 Å². The van der Waals surface area contributed by atoms with Gasteiger partial charge in [0.1, 0.15) is 0 Å². The maximum absolute atomic E-state index is 13.0. The second-order valence-corrected chi connectivity index (χ2v) is 8.41. The van der Waals surface area contributed by atoms with Crippen LogP contribution in [0.15, 0.2) is 18.3 Å². The Morgan fingerprint density at radius 3 is 2.84 bits per heavy atom. The lowest BCUT2D eigenvalue weighted by Gasteiger charge is -2.35. The normalized spacial score (nSPS) is 35.2. The number of nitrogens with zero attached hydrogens (tertiary/aromatic N) is 1. The Labute approximate surface area is 148 Å². The molecule has 0 amide bonds. The van der Waals surface area contributed by atoms with Crippen LogP contribution in [0, 0.1) is 10.8 Å². The predicted molar refractivity (Wildman–Crippen MR) is 90.8 cm³/mol. The number of esters is 2. The number of pyridine rings is 1. The SMILES string of the molecule is CC1(C)[C@@]2(C)CC[C@]1(C(=O)OC[C@H]1CCCc3cccnc31)OC2=O. The Morgan fingerprint density at radius 2 is 2.16 bits per heavy atom. The summed E-state index contributed by atoms with van der Waals surface area (Å²) in [7, 11) is 0. The summed E-state index contributed by atoms with van der Waals surface area (Å²) >= 11 is 0. The van der Waals surface area contributed by atoms with Crippen molar-refractivity contribution < 1.29 is 19.1 Å². The summed E-state index contributed by atoms with van der Waals surface area (Å²) < 4.78 is 11.3. The molecular formula is C20H25NO4. The van der Waals surface area contributed by atoms with E-state index in [9.17, 15) is 9.59 Å². The summed E-state index contributed by atoms with van der Waals surface area (Å²) in [4.78, 5) is 29.8. The highest BCUT2D eigenvalue weighted by atomic mass is 16.6. The molecular weight excluding hydrogens is 318 g/mol. The van der Waals surface area contributed by atoms with Crippen LogP contribution < -0.4 is 0 Å². The van der Waals surface area contributed by atoms with E-state index in [0.29, 0.717) is 19.4 Å². The third-order valence-corrected chi connectivity index (χ3v) is 7.14. The molecule has 1 aromatic rings. The van der Waals surface area contributed by atoms with Gasteiger partial charge in [-0.05, 0) is 50.7 Å². The average molecular weight is 343 g/mol. The predicted octanol–water partition coefficient (Wildman–Crippen LogP) is 3.17. The average Bonchev–Trinajstić information content (AvgIpc) is 2.90. The number of aromatic nitrogens is 1. The molecule has 0 unspecified atom stereocenters. The summed E-state index contributed by atoms with van der Waals surface area (Å²) in [6, 6.07) is 4.05. The fourth-order valence-electron chi connectivity index (χ4n) is 4.86. The van der Waals surface area contributed by atoms with Gasteiger partial charge in [-0.3, -0.25) is 9.78 Å². The van der Waals surface area contributed by atoms with Crippen LogP contribution in [0.1, 0.15) is 63.6 Å². The highest BCUT2D eigenvalue weighted by Crippen LogP contribution is 2.65. The zero-order chi connectivity index (χ0) is 17.9. The first-order valence-corrected chi connectivity index (χ1v) is 9.16. The van der Waals surface area contributed by atoms with E-state index >= 15 is 0 Å². The van der Waals surface area contributed by atoms with Crippen molar-refractivity contribution in [1.82, 2.24) is 4.98 Å². The van der Waals surface area contributed by atoms with Crippen LogP contribution in [0.2, 0.25) is 0 Å². The minimum absolute atomic E-state index is 0.123. The van der Waals surface area contributed by atoms with Crippen LogP contribution in [-0.4, -0.2) is 29.1 Å². The van der Waals surface area contributed by atoms with Crippen molar-refractivity contribution in [2.75, 3.05) is 6.61 Å². The maximum atomic E-state index is 13.0. The Morgan fingerprint density at radius 1 is 1.36 bits per heavy atom. The Kier molecular flexibility index (Phi) is 3.50. The van der Waals surface area contributed by atoms with Crippen molar-refractivity contribution in [1.29, 1.82) is 0 Å². The van der Waals surface area contributed by atoms with Crippen molar-refractivity contribution in [3.05, 3.63) is 29.6 Å². The van der Waals surface area contributed by atoms with E-state index in [-0.39, 0.29) is 11.9 Å². The molecule has 2 heterocycles. The fourth-order valence-corrected chi connectivity index (χ4v) is 4.86. The largest absolute Gasteiger partial charge is 0.462 e. The lowest BCUT2D eigenvalue weighted by atomic mass is 9.66. The van der Waals surface area contributed by atoms with E-state index in [1.54, 1.807) is 6.20 Å². The molecule has 1 aromatic heterocycles. The topological polar surface area (TPSA) is 65.5 Å². The number of aryl methyl sites for hydroxylation is 1. The number of fused-ring (bicyclic) bond motifs is 3. The van der Waals surface area contributed by atoms with Gasteiger partial charge in [-0.2, -0.15) is 0 Å². The Balaban J connectivity index is 1.52. The van der Waals surface area contributed by atoms with Crippen LogP contribution in [-0.2, 0) is 25.5 Å². The molecule has 0 spiro atoms. The first kappa shape index (κ1) is 16.6. The van der Waals surface area contributed by atoms with Crippen molar-refractivity contribution >= 4 is 11.9 Å². The molecule has 5 nitrogen and oxygen atoms in total. The van der Waals surface area contributed by atoms with Gasteiger partial charge in [0.15, 0.2) is 0 Å². The third-order valence-electron chi connectivity index (χ3n) is 7.14. The number of hydrogen-bond acceptors (Lipinski definition) is 5. The highest BCUT2D eigenvalue weighted by Gasteiger charge is 2.76. The van der Waals surface area contributed by atoms with Crippen LogP contribution in [0.3, 0.4) is 0 Å². The number of carbonyl (C=O) groups is 2. The van der Waals surface area contributed by atoms with Gasteiger partial charge in [0.05, 0.1) is 12.0 Å². The van der Waals surface area contributed by atoms with Crippen LogP contribution in [0.5, 0.6) is 0 Å². The van der Waals surface area contributed by atoms with Gasteiger partial charge < -0.3 is 9.47 Å². The van der Waals surface area contributed by atoms with Gasteiger partial charge in [-0.1, -0.05) is 19.9 Å². The number of carbonyl (C=O) groups excluding carboxylic acids is 2. The molecule has 4 rings (SSSR count). The molecule has 0 radical (unpaired) electrons. The number of ether oxygens (including phenoxy) is 2. The summed E-state index contributed by atoms with van der Waals surface area (Å²) in [6.45, 7) is 6.10. The third kappa shape index (κ3) is 2.04. The van der Waals surface area contributed by atoms with E-state index in [4.69, 9.17) is 9.47 Å². The van der Waals surface area contributed by atoms with E-state index in [0.717, 1.165) is 25.0 Å². The Bertz CT molecular complexity index is 743. The lowest BCUT2D eigenvalue weighted by Crippen LogP contribution is -2.49. The monoisotopic (exact) mass is 343 g/mol. The molecule has 2 bridgehead atoms. The molecule has 3 aliphatic rings. The van der Waals surface area contributed by atoms with E-state index in [2.05, 4.69) is 11.1 Å². The van der Waals surface area contributed by atoms with Crippen molar-refractivity contribution in [3.63, 3.8) is 0 Å². The lowest BCUT2D eigenvalue weighted by molar-refractivity contribution is -0.183. The van der Waals surface area contributed by atoms with Crippen molar-refractivity contribution in [3.8, 4) is 0 Å². The van der Waals surface area contributed by atoms with Crippen molar-refractivity contribution in [2.45, 2.75) is 64.4 Å². The second kappa shape index (κ2) is 5.29. The van der Waals surface area contributed by atoms with E-state index < -0.39 is 22.4 Å².